The first-order valence-electron chi connectivity index (χ1n) is 8.65. The van der Waals surface area contributed by atoms with Crippen molar-refractivity contribution in [2.45, 2.75) is 26.2 Å². The minimum atomic E-state index is -1.18. The minimum Gasteiger partial charge on any atom is -0.478 e. The molecule has 0 aliphatic carbocycles. The largest absolute Gasteiger partial charge is 0.478 e. The van der Waals surface area contributed by atoms with Crippen LogP contribution in [0.4, 0.5) is 5.69 Å². The van der Waals surface area contributed by atoms with Crippen LogP contribution in [0.5, 0.6) is 0 Å². The van der Waals surface area contributed by atoms with E-state index in [9.17, 15) is 14.7 Å². The number of anilines is 1. The Morgan fingerprint density at radius 3 is 2.36 bits per heavy atom. The number of benzene rings is 2. The summed E-state index contributed by atoms with van der Waals surface area (Å²) in [6.45, 7) is 6.26. The van der Waals surface area contributed by atoms with E-state index in [0.717, 1.165) is 5.56 Å². The molecule has 0 radical (unpaired) electrons. The van der Waals surface area contributed by atoms with Crippen LogP contribution in [0.1, 0.15) is 47.1 Å². The van der Waals surface area contributed by atoms with Gasteiger partial charge in [0.1, 0.15) is 0 Å². The Bertz CT molecular complexity index is 1020. The molecule has 2 aromatic carbocycles. The lowest BCUT2D eigenvalue weighted by molar-refractivity contribution is 0.0698. The van der Waals surface area contributed by atoms with E-state index in [1.165, 1.54) is 16.8 Å². The number of carboxylic acid groups (broad SMARTS) is 1. The number of carboxylic acids is 1. The van der Waals surface area contributed by atoms with Gasteiger partial charge < -0.3 is 10.4 Å². The Morgan fingerprint density at radius 1 is 1.14 bits per heavy atom. The van der Waals surface area contributed by atoms with E-state index in [1.807, 2.05) is 12.1 Å². The van der Waals surface area contributed by atoms with E-state index in [4.69, 9.17) is 11.6 Å². The van der Waals surface area contributed by atoms with Crippen molar-refractivity contribution in [3.63, 3.8) is 0 Å². The van der Waals surface area contributed by atoms with E-state index in [1.54, 1.807) is 30.6 Å². The van der Waals surface area contributed by atoms with Gasteiger partial charge in [-0.1, -0.05) is 44.5 Å². The van der Waals surface area contributed by atoms with Crippen LogP contribution in [-0.2, 0) is 5.41 Å². The predicted molar refractivity (Wildman–Crippen MR) is 109 cm³/mol. The fourth-order valence-corrected chi connectivity index (χ4v) is 3.00. The number of carbonyl (C=O) groups excluding carboxylic acids is 1. The van der Waals surface area contributed by atoms with Crippen LogP contribution in [0.25, 0.3) is 5.69 Å². The number of hydrogen-bond donors (Lipinski definition) is 2. The van der Waals surface area contributed by atoms with Crippen molar-refractivity contribution in [3.8, 4) is 5.69 Å². The molecule has 0 atom stereocenters. The summed E-state index contributed by atoms with van der Waals surface area (Å²) in [5, 5.41) is 16.5. The Hall–Kier alpha value is -3.12. The zero-order valence-corrected chi connectivity index (χ0v) is 16.5. The van der Waals surface area contributed by atoms with Crippen molar-refractivity contribution in [1.29, 1.82) is 0 Å². The molecule has 1 heterocycles. The standard InChI is InChI=1S/C21H20ClN3O3/c1-21(2,3)14-7-5-13(6-8-14)19(26)24-17-12-16(22)18(11-15(17)20(27)28)25-10-4-9-23-25/h4-12H,1-3H3,(H,24,26)(H,27,28). The molecule has 0 bridgehead atoms. The van der Waals surface area contributed by atoms with Gasteiger partial charge in [0.25, 0.3) is 5.91 Å². The van der Waals surface area contributed by atoms with Crippen molar-refractivity contribution >= 4 is 29.2 Å². The van der Waals surface area contributed by atoms with Crippen LogP contribution < -0.4 is 5.32 Å². The molecule has 0 aliphatic rings. The Kier molecular flexibility index (Phi) is 5.25. The number of rotatable bonds is 4. The number of aromatic nitrogens is 2. The zero-order valence-electron chi connectivity index (χ0n) is 15.7. The molecule has 2 N–H and O–H groups in total. The zero-order chi connectivity index (χ0) is 20.5. The van der Waals surface area contributed by atoms with E-state index < -0.39 is 11.9 Å². The lowest BCUT2D eigenvalue weighted by Crippen LogP contribution is -2.16. The fraction of sp³-hybridized carbons (Fsp3) is 0.190. The summed E-state index contributed by atoms with van der Waals surface area (Å²) < 4.78 is 1.46. The van der Waals surface area contributed by atoms with Gasteiger partial charge in [0, 0.05) is 18.0 Å². The maximum atomic E-state index is 12.6. The van der Waals surface area contributed by atoms with Crippen molar-refractivity contribution in [2.24, 2.45) is 0 Å². The van der Waals surface area contributed by atoms with Crippen LogP contribution in [0.3, 0.4) is 0 Å². The van der Waals surface area contributed by atoms with Gasteiger partial charge in [-0.05, 0) is 41.3 Å². The van der Waals surface area contributed by atoms with Gasteiger partial charge >= 0.3 is 5.97 Å². The van der Waals surface area contributed by atoms with Gasteiger partial charge in [0.2, 0.25) is 0 Å². The van der Waals surface area contributed by atoms with Gasteiger partial charge in [-0.25, -0.2) is 9.48 Å². The Balaban J connectivity index is 1.92. The summed E-state index contributed by atoms with van der Waals surface area (Å²) in [6.07, 6.45) is 3.22. The smallest absolute Gasteiger partial charge is 0.337 e. The Morgan fingerprint density at radius 2 is 1.82 bits per heavy atom. The third-order valence-corrected chi connectivity index (χ3v) is 4.63. The molecule has 0 spiro atoms. The van der Waals surface area contributed by atoms with Crippen LogP contribution >= 0.6 is 11.6 Å². The van der Waals surface area contributed by atoms with E-state index in [-0.39, 0.29) is 21.7 Å². The molecule has 0 saturated heterocycles. The summed E-state index contributed by atoms with van der Waals surface area (Å²) in [5.74, 6) is -1.59. The molecule has 0 aliphatic heterocycles. The average Bonchev–Trinajstić information content (AvgIpc) is 3.15. The summed E-state index contributed by atoms with van der Waals surface area (Å²) >= 11 is 6.29. The average molecular weight is 398 g/mol. The van der Waals surface area contributed by atoms with Crippen LogP contribution in [0.2, 0.25) is 5.02 Å². The first kappa shape index (κ1) is 19.6. The van der Waals surface area contributed by atoms with E-state index in [2.05, 4.69) is 31.2 Å². The van der Waals surface area contributed by atoms with Gasteiger partial charge in [0.15, 0.2) is 0 Å². The maximum absolute atomic E-state index is 12.6. The second-order valence-corrected chi connectivity index (χ2v) is 7.79. The van der Waals surface area contributed by atoms with Crippen LogP contribution in [0.15, 0.2) is 54.9 Å². The maximum Gasteiger partial charge on any atom is 0.337 e. The highest BCUT2D eigenvalue weighted by Gasteiger charge is 2.19. The number of carbonyl (C=O) groups is 2. The number of nitrogens with one attached hydrogen (secondary N) is 1. The number of nitrogens with zero attached hydrogens (tertiary/aromatic N) is 2. The third kappa shape index (κ3) is 4.07. The quantitative estimate of drug-likeness (QED) is 0.663. The van der Waals surface area contributed by atoms with Gasteiger partial charge in [-0.2, -0.15) is 5.10 Å². The highest BCUT2D eigenvalue weighted by Crippen LogP contribution is 2.29. The predicted octanol–water partition coefficient (Wildman–Crippen LogP) is 4.77. The number of amides is 1. The van der Waals surface area contributed by atoms with E-state index >= 15 is 0 Å². The lowest BCUT2D eigenvalue weighted by Gasteiger charge is -2.19. The Labute approximate surface area is 167 Å². The van der Waals surface area contributed by atoms with Crippen molar-refractivity contribution in [2.75, 3.05) is 5.32 Å². The summed E-state index contributed by atoms with van der Waals surface area (Å²) in [6, 6.07) is 11.7. The van der Waals surface area contributed by atoms with Crippen molar-refractivity contribution in [1.82, 2.24) is 9.78 Å². The molecular weight excluding hydrogens is 378 g/mol. The first-order chi connectivity index (χ1) is 13.2. The molecule has 0 saturated carbocycles. The molecule has 144 valence electrons. The molecular formula is C21H20ClN3O3. The van der Waals surface area contributed by atoms with Gasteiger partial charge in [0.05, 0.1) is 22.0 Å². The molecule has 3 aromatic rings. The SMILES string of the molecule is CC(C)(C)c1ccc(C(=O)Nc2cc(Cl)c(-n3cccn3)cc2C(=O)O)cc1. The van der Waals surface area contributed by atoms with Crippen LogP contribution in [0, 0.1) is 0 Å². The molecule has 7 heteroatoms. The summed E-state index contributed by atoms with van der Waals surface area (Å²) in [7, 11) is 0. The normalized spacial score (nSPS) is 11.3. The van der Waals surface area contributed by atoms with Crippen molar-refractivity contribution in [3.05, 3.63) is 76.6 Å². The van der Waals surface area contributed by atoms with E-state index in [0.29, 0.717) is 11.3 Å². The monoisotopic (exact) mass is 397 g/mol. The second kappa shape index (κ2) is 7.48. The van der Waals surface area contributed by atoms with Gasteiger partial charge in [-0.15, -0.1) is 0 Å². The third-order valence-electron chi connectivity index (χ3n) is 4.33. The first-order valence-corrected chi connectivity index (χ1v) is 9.03. The second-order valence-electron chi connectivity index (χ2n) is 7.39. The molecule has 0 fully saturated rings. The molecule has 3 rings (SSSR count). The topological polar surface area (TPSA) is 84.2 Å². The molecule has 6 nitrogen and oxygen atoms in total. The number of halogens is 1. The van der Waals surface area contributed by atoms with Crippen LogP contribution in [-0.4, -0.2) is 26.8 Å². The van der Waals surface area contributed by atoms with Gasteiger partial charge in [-0.3, -0.25) is 4.79 Å². The number of hydrogen-bond acceptors (Lipinski definition) is 3. The molecule has 1 amide bonds. The molecule has 0 unspecified atom stereocenters. The summed E-state index contributed by atoms with van der Waals surface area (Å²) in [4.78, 5) is 24.3. The molecule has 1 aromatic heterocycles. The lowest BCUT2D eigenvalue weighted by atomic mass is 9.86. The number of aromatic carboxylic acids is 1. The minimum absolute atomic E-state index is 0.0264. The highest BCUT2D eigenvalue weighted by molar-refractivity contribution is 6.33. The summed E-state index contributed by atoms with van der Waals surface area (Å²) in [5.41, 5.74) is 1.96. The highest BCUT2D eigenvalue weighted by atomic mass is 35.5. The molecule has 28 heavy (non-hydrogen) atoms. The van der Waals surface area contributed by atoms with Crippen molar-refractivity contribution < 1.29 is 14.7 Å². The fourth-order valence-electron chi connectivity index (χ4n) is 2.75.